The fourth-order valence-electron chi connectivity index (χ4n) is 3.12. The Balaban J connectivity index is 0.00000225. The number of guanidine groups is 1. The number of fused-ring (bicyclic) bond motifs is 1. The number of aliphatic imine (C=N–C) groups is 1. The quantitative estimate of drug-likeness (QED) is 0.293. The van der Waals surface area contributed by atoms with E-state index in [1.54, 1.807) is 0 Å². The minimum absolute atomic E-state index is 0. The Kier molecular flexibility index (Phi) is 8.24. The first kappa shape index (κ1) is 19.8. The van der Waals surface area contributed by atoms with Crippen LogP contribution in [0.3, 0.4) is 0 Å². The van der Waals surface area contributed by atoms with Crippen molar-refractivity contribution in [3.8, 4) is 0 Å². The molecule has 1 aliphatic rings. The second-order valence-electron chi connectivity index (χ2n) is 6.20. The summed E-state index contributed by atoms with van der Waals surface area (Å²) in [4.78, 5) is 4.72. The van der Waals surface area contributed by atoms with E-state index in [2.05, 4.69) is 40.9 Å². The Hall–Kier alpha value is -1.57. The van der Waals surface area contributed by atoms with Crippen LogP contribution in [0.25, 0.3) is 0 Å². The van der Waals surface area contributed by atoms with Crippen molar-refractivity contribution in [2.45, 2.75) is 45.7 Å². The molecule has 1 aromatic heterocycles. The molecule has 25 heavy (non-hydrogen) atoms. The van der Waals surface area contributed by atoms with Crippen LogP contribution in [0, 0.1) is 0 Å². The van der Waals surface area contributed by atoms with Crippen molar-refractivity contribution in [1.29, 1.82) is 0 Å². The van der Waals surface area contributed by atoms with Crippen LogP contribution in [0.2, 0.25) is 0 Å². The van der Waals surface area contributed by atoms with Gasteiger partial charge in [-0.3, -0.25) is 4.68 Å². The first-order valence-corrected chi connectivity index (χ1v) is 8.95. The average Bonchev–Trinajstić information content (AvgIpc) is 3.27. The minimum Gasteiger partial charge on any atom is -0.357 e. The largest absolute Gasteiger partial charge is 0.357 e. The van der Waals surface area contributed by atoms with Gasteiger partial charge in [0.1, 0.15) is 0 Å². The molecule has 0 bridgehead atoms. The molecule has 0 spiro atoms. The molecule has 0 amide bonds. The molecule has 6 heteroatoms. The van der Waals surface area contributed by atoms with E-state index in [1.165, 1.54) is 36.0 Å². The molecule has 0 radical (unpaired) electrons. The third kappa shape index (κ3) is 6.02. The van der Waals surface area contributed by atoms with Crippen molar-refractivity contribution in [1.82, 2.24) is 20.4 Å². The van der Waals surface area contributed by atoms with E-state index in [1.807, 2.05) is 23.1 Å². The second kappa shape index (κ2) is 10.4. The summed E-state index contributed by atoms with van der Waals surface area (Å²) in [6.07, 6.45) is 8.58. The number of nitrogens with zero attached hydrogens (tertiary/aromatic N) is 3. The van der Waals surface area contributed by atoms with Gasteiger partial charge in [-0.15, -0.1) is 24.0 Å². The van der Waals surface area contributed by atoms with Crippen molar-refractivity contribution in [3.05, 3.63) is 53.3 Å². The molecule has 2 N–H and O–H groups in total. The first-order valence-electron chi connectivity index (χ1n) is 8.95. The van der Waals surface area contributed by atoms with E-state index in [0.717, 1.165) is 38.6 Å². The van der Waals surface area contributed by atoms with E-state index in [4.69, 9.17) is 4.99 Å². The van der Waals surface area contributed by atoms with Gasteiger partial charge >= 0.3 is 0 Å². The molecule has 0 fully saturated rings. The number of aryl methyl sites for hydroxylation is 3. The molecular weight excluding hydrogens is 425 g/mol. The molecule has 1 heterocycles. The summed E-state index contributed by atoms with van der Waals surface area (Å²) in [5.41, 5.74) is 4.33. The summed E-state index contributed by atoms with van der Waals surface area (Å²) in [5, 5.41) is 10.9. The number of halogens is 1. The molecule has 1 aromatic carbocycles. The lowest BCUT2D eigenvalue weighted by Gasteiger charge is -2.11. The second-order valence-corrected chi connectivity index (χ2v) is 6.20. The summed E-state index contributed by atoms with van der Waals surface area (Å²) in [6, 6.07) is 8.77. The smallest absolute Gasteiger partial charge is 0.191 e. The van der Waals surface area contributed by atoms with Gasteiger partial charge in [0.2, 0.25) is 0 Å². The molecule has 136 valence electrons. The maximum atomic E-state index is 4.72. The zero-order valence-electron chi connectivity index (χ0n) is 14.9. The summed E-state index contributed by atoms with van der Waals surface area (Å²) in [6.45, 7) is 5.49. The fourth-order valence-corrected chi connectivity index (χ4v) is 3.12. The van der Waals surface area contributed by atoms with E-state index in [9.17, 15) is 0 Å². The van der Waals surface area contributed by atoms with Gasteiger partial charge in [-0.05, 0) is 55.4 Å². The average molecular weight is 453 g/mol. The third-order valence-corrected chi connectivity index (χ3v) is 4.34. The Labute approximate surface area is 167 Å². The topological polar surface area (TPSA) is 54.2 Å². The number of benzene rings is 1. The predicted octanol–water partition coefficient (Wildman–Crippen LogP) is 3.14. The van der Waals surface area contributed by atoms with E-state index >= 15 is 0 Å². The highest BCUT2D eigenvalue weighted by Gasteiger charge is 2.10. The van der Waals surface area contributed by atoms with Gasteiger partial charge in [-0.2, -0.15) is 5.10 Å². The van der Waals surface area contributed by atoms with Crippen LogP contribution in [0.1, 0.15) is 36.5 Å². The van der Waals surface area contributed by atoms with Gasteiger partial charge < -0.3 is 10.6 Å². The Bertz CT molecular complexity index is 666. The molecule has 0 saturated carbocycles. The number of aromatic nitrogens is 2. The van der Waals surface area contributed by atoms with E-state index < -0.39 is 0 Å². The van der Waals surface area contributed by atoms with Gasteiger partial charge in [0.15, 0.2) is 5.96 Å². The summed E-state index contributed by atoms with van der Waals surface area (Å²) < 4.78 is 1.95. The molecule has 5 nitrogen and oxygen atoms in total. The highest BCUT2D eigenvalue weighted by molar-refractivity contribution is 14.0. The highest BCUT2D eigenvalue weighted by Crippen LogP contribution is 2.23. The van der Waals surface area contributed by atoms with E-state index in [0.29, 0.717) is 0 Å². The third-order valence-electron chi connectivity index (χ3n) is 4.34. The van der Waals surface area contributed by atoms with Crippen LogP contribution in [-0.4, -0.2) is 28.8 Å². The molecule has 3 rings (SSSR count). The summed E-state index contributed by atoms with van der Waals surface area (Å²) in [7, 11) is 0. The van der Waals surface area contributed by atoms with Crippen molar-refractivity contribution in [2.75, 3.05) is 13.1 Å². The number of hydrogen-bond donors (Lipinski definition) is 2. The molecule has 0 saturated heterocycles. The normalized spacial score (nSPS) is 13.2. The van der Waals surface area contributed by atoms with Crippen LogP contribution in [0.5, 0.6) is 0 Å². The van der Waals surface area contributed by atoms with Crippen molar-refractivity contribution < 1.29 is 0 Å². The van der Waals surface area contributed by atoms with Crippen LogP contribution >= 0.6 is 24.0 Å². The SMILES string of the molecule is CCNC(=NCc1ccc2c(c1)CCC2)NCCCn1cccn1.I. The Morgan fingerprint density at radius 3 is 2.92 bits per heavy atom. The zero-order valence-corrected chi connectivity index (χ0v) is 17.2. The molecular formula is C19H28IN5. The van der Waals surface area contributed by atoms with Crippen LogP contribution in [0.4, 0.5) is 0 Å². The minimum atomic E-state index is 0. The van der Waals surface area contributed by atoms with Crippen molar-refractivity contribution in [3.63, 3.8) is 0 Å². The molecule has 1 aliphatic carbocycles. The number of nitrogens with one attached hydrogen (secondary N) is 2. The maximum absolute atomic E-state index is 4.72. The van der Waals surface area contributed by atoms with Crippen LogP contribution in [0.15, 0.2) is 41.7 Å². The molecule has 0 atom stereocenters. The van der Waals surface area contributed by atoms with Gasteiger partial charge in [0.25, 0.3) is 0 Å². The van der Waals surface area contributed by atoms with Crippen molar-refractivity contribution in [2.24, 2.45) is 4.99 Å². The first-order chi connectivity index (χ1) is 11.8. The lowest BCUT2D eigenvalue weighted by Crippen LogP contribution is -2.38. The highest BCUT2D eigenvalue weighted by atomic mass is 127. The summed E-state index contributed by atoms with van der Waals surface area (Å²) >= 11 is 0. The van der Waals surface area contributed by atoms with Gasteiger partial charge in [-0.1, -0.05) is 18.2 Å². The van der Waals surface area contributed by atoms with E-state index in [-0.39, 0.29) is 24.0 Å². The molecule has 0 unspecified atom stereocenters. The van der Waals surface area contributed by atoms with Crippen LogP contribution in [-0.2, 0) is 25.9 Å². The molecule has 2 aromatic rings. The van der Waals surface area contributed by atoms with Gasteiger partial charge in [0, 0.05) is 32.0 Å². The summed E-state index contributed by atoms with van der Waals surface area (Å²) in [5.74, 6) is 0.887. The predicted molar refractivity (Wildman–Crippen MR) is 114 cm³/mol. The monoisotopic (exact) mass is 453 g/mol. The number of hydrogen-bond acceptors (Lipinski definition) is 2. The lowest BCUT2D eigenvalue weighted by molar-refractivity contribution is 0.570. The van der Waals surface area contributed by atoms with Gasteiger partial charge in [0.05, 0.1) is 6.54 Å². The van der Waals surface area contributed by atoms with Gasteiger partial charge in [-0.25, -0.2) is 4.99 Å². The molecule has 0 aliphatic heterocycles. The Morgan fingerprint density at radius 1 is 1.24 bits per heavy atom. The lowest BCUT2D eigenvalue weighted by atomic mass is 10.1. The zero-order chi connectivity index (χ0) is 16.6. The number of rotatable bonds is 7. The maximum Gasteiger partial charge on any atom is 0.191 e. The standard InChI is InChI=1S/C19H27N5.HI/c1-2-20-19(21-10-4-12-24-13-5-11-23-24)22-15-16-8-9-17-6-3-7-18(17)14-16;/h5,8-9,11,13-14H,2-4,6-7,10,12,15H2,1H3,(H2,20,21,22);1H. The van der Waals surface area contributed by atoms with Crippen molar-refractivity contribution >= 4 is 29.9 Å². The Morgan fingerprint density at radius 2 is 2.12 bits per heavy atom. The fraction of sp³-hybridized carbons (Fsp3) is 0.474. The van der Waals surface area contributed by atoms with Crippen LogP contribution < -0.4 is 10.6 Å².